The predicted molar refractivity (Wildman–Crippen MR) is 70.1 cm³/mol. The van der Waals surface area contributed by atoms with Gasteiger partial charge in [0.05, 0.1) is 12.7 Å². The first-order valence-electron chi connectivity index (χ1n) is 5.64. The smallest absolute Gasteiger partial charge is 0.341 e. The highest BCUT2D eigenvalue weighted by Crippen LogP contribution is 2.24. The van der Waals surface area contributed by atoms with Crippen LogP contribution in [-0.4, -0.2) is 34.2 Å². The summed E-state index contributed by atoms with van der Waals surface area (Å²) in [6, 6.07) is 7.52. The summed E-state index contributed by atoms with van der Waals surface area (Å²) >= 11 is 0. The van der Waals surface area contributed by atoms with Crippen molar-refractivity contribution in [3.63, 3.8) is 0 Å². The summed E-state index contributed by atoms with van der Waals surface area (Å²) in [5.74, 6) is -2.13. The quantitative estimate of drug-likeness (QED) is 0.886. The van der Waals surface area contributed by atoms with Crippen LogP contribution < -0.4 is 4.74 Å². The Morgan fingerprint density at radius 1 is 1.05 bits per heavy atom. The van der Waals surface area contributed by atoms with E-state index in [-0.39, 0.29) is 17.0 Å². The van der Waals surface area contributed by atoms with Crippen LogP contribution in [0.2, 0.25) is 0 Å². The highest BCUT2D eigenvalue weighted by Gasteiger charge is 2.14. The topological polar surface area (TPSA) is 96.7 Å². The van der Waals surface area contributed by atoms with E-state index in [0.29, 0.717) is 11.1 Å². The maximum absolute atomic E-state index is 11.1. The zero-order chi connectivity index (χ0) is 14.7. The van der Waals surface area contributed by atoms with Gasteiger partial charge in [0.2, 0.25) is 5.88 Å². The van der Waals surface area contributed by atoms with Gasteiger partial charge in [-0.3, -0.25) is 0 Å². The molecule has 0 saturated carbocycles. The Bertz CT molecular complexity index is 664. The molecule has 2 rings (SSSR count). The van der Waals surface area contributed by atoms with E-state index in [1.165, 1.54) is 31.5 Å². The fourth-order valence-electron chi connectivity index (χ4n) is 1.73. The second-order valence-electron chi connectivity index (χ2n) is 3.97. The molecule has 0 bridgehead atoms. The Morgan fingerprint density at radius 3 is 2.20 bits per heavy atom. The van der Waals surface area contributed by atoms with Crippen molar-refractivity contribution in [2.45, 2.75) is 0 Å². The van der Waals surface area contributed by atoms with Crippen LogP contribution in [0.3, 0.4) is 0 Å². The number of carbonyl (C=O) groups is 2. The highest BCUT2D eigenvalue weighted by molar-refractivity contribution is 5.92. The van der Waals surface area contributed by atoms with Gasteiger partial charge in [-0.05, 0) is 23.8 Å². The number of hydrogen-bond donors (Lipinski definition) is 2. The monoisotopic (exact) mass is 273 g/mol. The number of carboxylic acids is 2. The molecule has 0 radical (unpaired) electrons. The number of carboxylic acid groups (broad SMARTS) is 2. The summed E-state index contributed by atoms with van der Waals surface area (Å²) in [6.45, 7) is 0. The van der Waals surface area contributed by atoms with Crippen LogP contribution in [0.4, 0.5) is 0 Å². The number of hydrogen-bond acceptors (Lipinski definition) is 4. The zero-order valence-corrected chi connectivity index (χ0v) is 10.5. The molecule has 20 heavy (non-hydrogen) atoms. The molecule has 2 N–H and O–H groups in total. The SMILES string of the molecule is COc1ncc(-c2ccc(C(=O)O)cc2)cc1C(=O)O. The molecule has 2 aromatic rings. The number of aromatic carboxylic acids is 2. The first-order valence-corrected chi connectivity index (χ1v) is 5.64. The number of pyridine rings is 1. The number of aromatic nitrogens is 1. The van der Waals surface area contributed by atoms with E-state index in [4.69, 9.17) is 14.9 Å². The molecule has 0 aliphatic carbocycles. The lowest BCUT2D eigenvalue weighted by atomic mass is 10.0. The third-order valence-corrected chi connectivity index (χ3v) is 2.74. The molecule has 0 fully saturated rings. The fraction of sp³-hybridized carbons (Fsp3) is 0.0714. The van der Waals surface area contributed by atoms with Gasteiger partial charge in [-0.1, -0.05) is 12.1 Å². The van der Waals surface area contributed by atoms with Crippen LogP contribution in [0.15, 0.2) is 36.5 Å². The first-order chi connectivity index (χ1) is 9.52. The van der Waals surface area contributed by atoms with E-state index in [0.717, 1.165) is 0 Å². The van der Waals surface area contributed by atoms with Crippen LogP contribution in [0.5, 0.6) is 5.88 Å². The van der Waals surface area contributed by atoms with Crippen LogP contribution in [0.25, 0.3) is 11.1 Å². The van der Waals surface area contributed by atoms with Crippen molar-refractivity contribution in [1.29, 1.82) is 0 Å². The Hall–Kier alpha value is -2.89. The van der Waals surface area contributed by atoms with Gasteiger partial charge >= 0.3 is 11.9 Å². The Kier molecular flexibility index (Phi) is 3.65. The second-order valence-corrected chi connectivity index (χ2v) is 3.97. The lowest BCUT2D eigenvalue weighted by molar-refractivity contribution is 0.0683. The van der Waals surface area contributed by atoms with Crippen LogP contribution >= 0.6 is 0 Å². The van der Waals surface area contributed by atoms with E-state index < -0.39 is 11.9 Å². The molecule has 0 atom stereocenters. The third kappa shape index (κ3) is 2.59. The largest absolute Gasteiger partial charge is 0.480 e. The molecule has 102 valence electrons. The van der Waals surface area contributed by atoms with Crippen LogP contribution in [-0.2, 0) is 0 Å². The van der Waals surface area contributed by atoms with Crippen molar-refractivity contribution in [3.8, 4) is 17.0 Å². The van der Waals surface area contributed by atoms with E-state index in [2.05, 4.69) is 4.98 Å². The van der Waals surface area contributed by atoms with E-state index in [1.54, 1.807) is 12.1 Å². The number of methoxy groups -OCH3 is 1. The average molecular weight is 273 g/mol. The Balaban J connectivity index is 2.45. The zero-order valence-electron chi connectivity index (χ0n) is 10.5. The van der Waals surface area contributed by atoms with Crippen molar-refractivity contribution < 1.29 is 24.5 Å². The predicted octanol–water partition coefficient (Wildman–Crippen LogP) is 2.15. The summed E-state index contributed by atoms with van der Waals surface area (Å²) < 4.78 is 4.88. The molecule has 1 heterocycles. The minimum Gasteiger partial charge on any atom is -0.480 e. The number of nitrogens with zero attached hydrogens (tertiary/aromatic N) is 1. The van der Waals surface area contributed by atoms with Gasteiger partial charge < -0.3 is 14.9 Å². The second kappa shape index (κ2) is 5.40. The van der Waals surface area contributed by atoms with Gasteiger partial charge in [-0.15, -0.1) is 0 Å². The van der Waals surface area contributed by atoms with E-state index in [1.807, 2.05) is 0 Å². The highest BCUT2D eigenvalue weighted by atomic mass is 16.5. The summed E-state index contributed by atoms with van der Waals surface area (Å²) in [6.07, 6.45) is 1.47. The van der Waals surface area contributed by atoms with Gasteiger partial charge in [0, 0.05) is 11.8 Å². The summed E-state index contributed by atoms with van der Waals surface area (Å²) in [4.78, 5) is 25.8. The summed E-state index contributed by atoms with van der Waals surface area (Å²) in [7, 11) is 1.34. The van der Waals surface area contributed by atoms with Crippen molar-refractivity contribution >= 4 is 11.9 Å². The molecule has 0 aliphatic heterocycles. The Morgan fingerprint density at radius 2 is 1.70 bits per heavy atom. The molecule has 0 aliphatic rings. The van der Waals surface area contributed by atoms with Crippen molar-refractivity contribution in [3.05, 3.63) is 47.7 Å². The van der Waals surface area contributed by atoms with Crippen molar-refractivity contribution in [2.24, 2.45) is 0 Å². The van der Waals surface area contributed by atoms with Gasteiger partial charge in [0.25, 0.3) is 0 Å². The number of benzene rings is 1. The maximum Gasteiger partial charge on any atom is 0.341 e. The molecule has 1 aromatic carbocycles. The molecule has 1 aromatic heterocycles. The van der Waals surface area contributed by atoms with Crippen LogP contribution in [0.1, 0.15) is 20.7 Å². The average Bonchev–Trinajstić information content (AvgIpc) is 2.46. The molecule has 0 spiro atoms. The molecule has 0 saturated heterocycles. The normalized spacial score (nSPS) is 10.1. The maximum atomic E-state index is 11.1. The van der Waals surface area contributed by atoms with Crippen molar-refractivity contribution in [1.82, 2.24) is 4.98 Å². The van der Waals surface area contributed by atoms with Crippen LogP contribution in [0, 0.1) is 0 Å². The lowest BCUT2D eigenvalue weighted by Gasteiger charge is -2.07. The third-order valence-electron chi connectivity index (χ3n) is 2.74. The molecule has 0 unspecified atom stereocenters. The van der Waals surface area contributed by atoms with Crippen molar-refractivity contribution in [2.75, 3.05) is 7.11 Å². The molecular weight excluding hydrogens is 262 g/mol. The number of rotatable bonds is 4. The number of ether oxygens (including phenoxy) is 1. The van der Waals surface area contributed by atoms with Gasteiger partial charge in [0.1, 0.15) is 5.56 Å². The molecular formula is C14H11NO5. The molecule has 6 heteroatoms. The first kappa shape index (κ1) is 13.5. The van der Waals surface area contributed by atoms with Gasteiger partial charge in [-0.25, -0.2) is 14.6 Å². The lowest BCUT2D eigenvalue weighted by Crippen LogP contribution is -2.03. The minimum absolute atomic E-state index is 0.0309. The van der Waals surface area contributed by atoms with E-state index in [9.17, 15) is 9.59 Å². The fourth-order valence-corrected chi connectivity index (χ4v) is 1.73. The summed E-state index contributed by atoms with van der Waals surface area (Å²) in [5.41, 5.74) is 1.36. The Labute approximate surface area is 114 Å². The van der Waals surface area contributed by atoms with Gasteiger partial charge in [0.15, 0.2) is 0 Å². The standard InChI is InChI=1S/C14H11NO5/c1-20-12-11(14(18)19)6-10(7-15-12)8-2-4-9(5-3-8)13(16)17/h2-7H,1H3,(H,16,17)(H,18,19). The molecule has 6 nitrogen and oxygen atoms in total. The minimum atomic E-state index is -1.14. The van der Waals surface area contributed by atoms with E-state index >= 15 is 0 Å². The van der Waals surface area contributed by atoms with Gasteiger partial charge in [-0.2, -0.15) is 0 Å². The molecule has 0 amide bonds. The summed E-state index contributed by atoms with van der Waals surface area (Å²) in [5, 5.41) is 17.9.